The molecular weight excluding hydrogens is 186 g/mol. The molecule has 90 valence electrons. The lowest BCUT2D eigenvalue weighted by atomic mass is 10.1. The zero-order chi connectivity index (χ0) is 11.3. The number of nitrogens with one attached hydrogen (secondary N) is 1. The second-order valence-corrected chi connectivity index (χ2v) is 4.97. The molecule has 0 saturated carbocycles. The Bertz CT molecular complexity index is 172. The van der Waals surface area contributed by atoms with Gasteiger partial charge in [0, 0.05) is 25.2 Å². The van der Waals surface area contributed by atoms with Crippen molar-refractivity contribution in [2.24, 2.45) is 0 Å². The van der Waals surface area contributed by atoms with Crippen LogP contribution in [-0.2, 0) is 0 Å². The number of hydrogen-bond acceptors (Lipinski definition) is 3. The van der Waals surface area contributed by atoms with E-state index in [2.05, 4.69) is 36.0 Å². The van der Waals surface area contributed by atoms with Crippen molar-refractivity contribution < 1.29 is 0 Å². The fourth-order valence-corrected chi connectivity index (χ4v) is 2.29. The first-order valence-electron chi connectivity index (χ1n) is 6.23. The van der Waals surface area contributed by atoms with E-state index in [0.29, 0.717) is 12.1 Å². The second kappa shape index (κ2) is 6.46. The highest BCUT2D eigenvalue weighted by Crippen LogP contribution is 2.10. The molecule has 0 spiro atoms. The molecule has 0 radical (unpaired) electrons. The van der Waals surface area contributed by atoms with Crippen LogP contribution in [0.5, 0.6) is 0 Å². The highest BCUT2D eigenvalue weighted by atomic mass is 15.2. The summed E-state index contributed by atoms with van der Waals surface area (Å²) in [6.45, 7) is 9.60. The third kappa shape index (κ3) is 4.49. The molecule has 0 aromatic rings. The van der Waals surface area contributed by atoms with Crippen molar-refractivity contribution in [2.75, 3.05) is 40.3 Å². The molecule has 1 aliphatic heterocycles. The van der Waals surface area contributed by atoms with Gasteiger partial charge in [-0.3, -0.25) is 4.90 Å². The van der Waals surface area contributed by atoms with Crippen LogP contribution in [0.4, 0.5) is 0 Å². The Balaban J connectivity index is 2.34. The van der Waals surface area contributed by atoms with E-state index in [1.54, 1.807) is 0 Å². The zero-order valence-electron chi connectivity index (χ0n) is 10.8. The van der Waals surface area contributed by atoms with Gasteiger partial charge < -0.3 is 10.2 Å². The van der Waals surface area contributed by atoms with Gasteiger partial charge >= 0.3 is 0 Å². The predicted octanol–water partition coefficient (Wildman–Crippen LogP) is 1.01. The standard InChI is InChI=1S/C12H27N3/c1-11(13-3)10-12(2)15-7-5-6-14(4)8-9-15/h11-13H,5-10H2,1-4H3. The van der Waals surface area contributed by atoms with Crippen molar-refractivity contribution in [2.45, 2.75) is 38.8 Å². The summed E-state index contributed by atoms with van der Waals surface area (Å²) in [5.74, 6) is 0. The van der Waals surface area contributed by atoms with Gasteiger partial charge in [-0.1, -0.05) is 0 Å². The highest BCUT2D eigenvalue weighted by molar-refractivity contribution is 4.75. The summed E-state index contributed by atoms with van der Waals surface area (Å²) in [7, 11) is 4.28. The average molecular weight is 213 g/mol. The molecular formula is C12H27N3. The molecule has 0 amide bonds. The molecule has 1 heterocycles. The van der Waals surface area contributed by atoms with Crippen LogP contribution in [-0.4, -0.2) is 62.2 Å². The molecule has 1 saturated heterocycles. The topological polar surface area (TPSA) is 18.5 Å². The van der Waals surface area contributed by atoms with Gasteiger partial charge in [-0.2, -0.15) is 0 Å². The molecule has 3 nitrogen and oxygen atoms in total. The molecule has 1 rings (SSSR count). The maximum absolute atomic E-state index is 3.32. The van der Waals surface area contributed by atoms with Crippen LogP contribution in [0.3, 0.4) is 0 Å². The fraction of sp³-hybridized carbons (Fsp3) is 1.00. The highest BCUT2D eigenvalue weighted by Gasteiger charge is 2.18. The van der Waals surface area contributed by atoms with E-state index in [1.165, 1.54) is 39.0 Å². The number of hydrogen-bond donors (Lipinski definition) is 1. The smallest absolute Gasteiger partial charge is 0.0112 e. The third-order valence-corrected chi connectivity index (χ3v) is 3.56. The maximum Gasteiger partial charge on any atom is 0.0112 e. The van der Waals surface area contributed by atoms with E-state index in [1.807, 2.05) is 7.05 Å². The molecule has 1 fully saturated rings. The molecule has 3 heteroatoms. The first-order chi connectivity index (χ1) is 7.13. The van der Waals surface area contributed by atoms with Gasteiger partial charge in [-0.25, -0.2) is 0 Å². The summed E-state index contributed by atoms with van der Waals surface area (Å²) in [6.07, 6.45) is 2.56. The summed E-state index contributed by atoms with van der Waals surface area (Å²) in [6, 6.07) is 1.33. The lowest BCUT2D eigenvalue weighted by Crippen LogP contribution is -2.39. The Morgan fingerprint density at radius 2 is 1.87 bits per heavy atom. The van der Waals surface area contributed by atoms with Gasteiger partial charge in [-0.05, 0) is 53.9 Å². The average Bonchev–Trinajstić information content (AvgIpc) is 2.42. The summed E-state index contributed by atoms with van der Waals surface area (Å²) < 4.78 is 0. The van der Waals surface area contributed by atoms with Crippen molar-refractivity contribution >= 4 is 0 Å². The molecule has 0 bridgehead atoms. The normalized spacial score (nSPS) is 24.8. The molecule has 2 unspecified atom stereocenters. The summed E-state index contributed by atoms with van der Waals surface area (Å²) in [4.78, 5) is 5.07. The van der Waals surface area contributed by atoms with Crippen LogP contribution >= 0.6 is 0 Å². The minimum Gasteiger partial charge on any atom is -0.317 e. The van der Waals surface area contributed by atoms with Crippen LogP contribution in [0.2, 0.25) is 0 Å². The Kier molecular flexibility index (Phi) is 5.58. The zero-order valence-corrected chi connectivity index (χ0v) is 10.8. The Morgan fingerprint density at radius 1 is 1.13 bits per heavy atom. The molecule has 0 aromatic heterocycles. The number of nitrogens with zero attached hydrogens (tertiary/aromatic N) is 2. The van der Waals surface area contributed by atoms with Crippen molar-refractivity contribution in [3.63, 3.8) is 0 Å². The Hall–Kier alpha value is -0.120. The van der Waals surface area contributed by atoms with E-state index >= 15 is 0 Å². The minimum absolute atomic E-state index is 0.626. The van der Waals surface area contributed by atoms with E-state index < -0.39 is 0 Å². The Morgan fingerprint density at radius 3 is 2.53 bits per heavy atom. The Labute approximate surface area is 94.8 Å². The summed E-state index contributed by atoms with van der Waals surface area (Å²) in [5, 5.41) is 3.32. The van der Waals surface area contributed by atoms with Gasteiger partial charge in [0.05, 0.1) is 0 Å². The van der Waals surface area contributed by atoms with E-state index in [0.717, 1.165) is 0 Å². The molecule has 1 N–H and O–H groups in total. The van der Waals surface area contributed by atoms with E-state index in [9.17, 15) is 0 Å². The molecule has 2 atom stereocenters. The van der Waals surface area contributed by atoms with Gasteiger partial charge in [0.1, 0.15) is 0 Å². The van der Waals surface area contributed by atoms with Crippen molar-refractivity contribution in [1.82, 2.24) is 15.1 Å². The monoisotopic (exact) mass is 213 g/mol. The van der Waals surface area contributed by atoms with Crippen molar-refractivity contribution in [3.8, 4) is 0 Å². The van der Waals surface area contributed by atoms with Crippen molar-refractivity contribution in [1.29, 1.82) is 0 Å². The first-order valence-corrected chi connectivity index (χ1v) is 6.23. The predicted molar refractivity (Wildman–Crippen MR) is 66.3 cm³/mol. The van der Waals surface area contributed by atoms with Crippen LogP contribution in [0.25, 0.3) is 0 Å². The summed E-state index contributed by atoms with van der Waals surface area (Å²) >= 11 is 0. The van der Waals surface area contributed by atoms with Gasteiger partial charge in [0.15, 0.2) is 0 Å². The molecule has 1 aliphatic rings. The van der Waals surface area contributed by atoms with Crippen LogP contribution in [0.15, 0.2) is 0 Å². The van der Waals surface area contributed by atoms with Crippen LogP contribution < -0.4 is 5.32 Å². The van der Waals surface area contributed by atoms with Crippen molar-refractivity contribution in [3.05, 3.63) is 0 Å². The SMILES string of the molecule is CNC(C)CC(C)N1CCCN(C)CC1. The van der Waals surface area contributed by atoms with Gasteiger partial charge in [-0.15, -0.1) is 0 Å². The molecule has 0 aromatic carbocycles. The summed E-state index contributed by atoms with van der Waals surface area (Å²) in [5.41, 5.74) is 0. The molecule has 15 heavy (non-hydrogen) atoms. The van der Waals surface area contributed by atoms with Gasteiger partial charge in [0.2, 0.25) is 0 Å². The first kappa shape index (κ1) is 12.9. The van der Waals surface area contributed by atoms with Gasteiger partial charge in [0.25, 0.3) is 0 Å². The quantitative estimate of drug-likeness (QED) is 0.752. The largest absolute Gasteiger partial charge is 0.317 e. The third-order valence-electron chi connectivity index (χ3n) is 3.56. The number of likely N-dealkylation sites (N-methyl/N-ethyl adjacent to an activating group) is 1. The van der Waals surface area contributed by atoms with E-state index in [4.69, 9.17) is 0 Å². The number of rotatable bonds is 4. The fourth-order valence-electron chi connectivity index (χ4n) is 2.29. The lowest BCUT2D eigenvalue weighted by molar-refractivity contribution is 0.196. The lowest BCUT2D eigenvalue weighted by Gasteiger charge is -2.29. The van der Waals surface area contributed by atoms with Crippen LogP contribution in [0, 0.1) is 0 Å². The van der Waals surface area contributed by atoms with E-state index in [-0.39, 0.29) is 0 Å². The second-order valence-electron chi connectivity index (χ2n) is 4.97. The maximum atomic E-state index is 3.32. The minimum atomic E-state index is 0.626. The molecule has 0 aliphatic carbocycles. The van der Waals surface area contributed by atoms with Crippen LogP contribution in [0.1, 0.15) is 26.7 Å².